The van der Waals surface area contributed by atoms with Gasteiger partial charge in [-0.2, -0.15) is 4.57 Å². The van der Waals surface area contributed by atoms with Crippen molar-refractivity contribution < 1.29 is 36.5 Å². The second-order valence-corrected chi connectivity index (χ2v) is 14.4. The fraction of sp³-hybridized carbons (Fsp3) is 0.714. The Bertz CT molecular complexity index is 1130. The van der Waals surface area contributed by atoms with Crippen molar-refractivity contribution in [2.45, 2.75) is 128 Å². The highest BCUT2D eigenvalue weighted by Crippen LogP contribution is 2.20. The number of aromatic nitrogens is 1. The summed E-state index contributed by atoms with van der Waals surface area (Å²) < 4.78 is 50.2. The standard InChI is InChI=1S/C28H50N2O4S.C7H8O3S/c1-2-3-4-5-6-7-8-9-10-11-12-13-14-15-19-32-22-26-21-27(33-23-26)24-34-28(31)29-16-17-30-18-20-35-25-30;1-6-2-4-7(5-3-6)11(8,9)10/h18,20,25-27H,2-17,19,21-24H2,1H3;2-5H,1H3,(H,8,9,10). The topological polar surface area (TPSA) is 118 Å². The van der Waals surface area contributed by atoms with E-state index in [2.05, 4.69) is 12.2 Å². The molecule has 11 heteroatoms. The first-order valence-electron chi connectivity index (χ1n) is 17.3. The number of nitrogens with zero attached hydrogens (tertiary/aromatic N) is 1. The van der Waals surface area contributed by atoms with Gasteiger partial charge in [0.15, 0.2) is 12.7 Å². The van der Waals surface area contributed by atoms with Gasteiger partial charge < -0.3 is 24.1 Å². The van der Waals surface area contributed by atoms with Crippen LogP contribution in [0.5, 0.6) is 0 Å². The fourth-order valence-electron chi connectivity index (χ4n) is 5.26. The maximum absolute atomic E-state index is 11.8. The molecule has 1 amide bonds. The number of amides is 1. The summed E-state index contributed by atoms with van der Waals surface area (Å²) in [7, 11) is -4.27. The lowest BCUT2D eigenvalue weighted by atomic mass is 10.0. The van der Waals surface area contributed by atoms with E-state index in [0.717, 1.165) is 38.2 Å². The van der Waals surface area contributed by atoms with Gasteiger partial charge in [-0.1, -0.05) is 119 Å². The molecule has 1 fully saturated rings. The van der Waals surface area contributed by atoms with E-state index < -0.39 is 10.1 Å². The van der Waals surface area contributed by atoms with Gasteiger partial charge in [0.05, 0.1) is 36.1 Å². The summed E-state index contributed by atoms with van der Waals surface area (Å²) in [5, 5.41) is 4.79. The number of carbonyl (C=O) groups is 1. The SMILES string of the molecule is CCCCCCCCCCCCCCCCOCC1COC(COC(=O)NCC[n+]2ccsc2)C1.Cc1ccc(S(=O)(=O)[O-])cc1. The van der Waals surface area contributed by atoms with Gasteiger partial charge in [-0.25, -0.2) is 13.2 Å². The predicted molar refractivity (Wildman–Crippen MR) is 182 cm³/mol. The van der Waals surface area contributed by atoms with Gasteiger partial charge >= 0.3 is 6.09 Å². The number of ether oxygens (including phenoxy) is 3. The lowest BCUT2D eigenvalue weighted by molar-refractivity contribution is -0.690. The van der Waals surface area contributed by atoms with E-state index in [1.807, 2.05) is 28.6 Å². The van der Waals surface area contributed by atoms with Crippen LogP contribution in [0.4, 0.5) is 4.79 Å². The Labute approximate surface area is 282 Å². The molecule has 0 bridgehead atoms. The fourth-order valence-corrected chi connectivity index (χ4v) is 6.36. The highest BCUT2D eigenvalue weighted by molar-refractivity contribution is 7.85. The maximum Gasteiger partial charge on any atom is 0.407 e. The minimum atomic E-state index is -4.27. The summed E-state index contributed by atoms with van der Waals surface area (Å²) in [5.74, 6) is 0.410. The normalized spacial score (nSPS) is 16.2. The first kappa shape index (κ1) is 40.1. The molecule has 46 heavy (non-hydrogen) atoms. The molecule has 1 saturated heterocycles. The van der Waals surface area contributed by atoms with Gasteiger partial charge in [-0.3, -0.25) is 0 Å². The van der Waals surface area contributed by atoms with Crippen molar-refractivity contribution >= 4 is 27.5 Å². The Kier molecular flexibility index (Phi) is 21.8. The largest absolute Gasteiger partial charge is 0.744 e. The molecule has 0 saturated carbocycles. The summed E-state index contributed by atoms with van der Waals surface area (Å²) in [6.45, 7) is 8.01. The molecular weight excluding hydrogens is 625 g/mol. The molecule has 3 rings (SSSR count). The van der Waals surface area contributed by atoms with Crippen LogP contribution < -0.4 is 9.88 Å². The second kappa shape index (κ2) is 25.0. The zero-order valence-electron chi connectivity index (χ0n) is 28.2. The molecular formula is C35H58N2O7S2. The van der Waals surface area contributed by atoms with Gasteiger partial charge in [0.1, 0.15) is 16.7 Å². The first-order chi connectivity index (χ1) is 22.3. The van der Waals surface area contributed by atoms with Crippen molar-refractivity contribution in [2.24, 2.45) is 5.92 Å². The van der Waals surface area contributed by atoms with Crippen molar-refractivity contribution in [3.05, 3.63) is 46.9 Å². The number of unbranched alkanes of at least 4 members (excludes halogenated alkanes) is 13. The zero-order valence-corrected chi connectivity index (χ0v) is 29.8. The molecule has 2 unspecified atom stereocenters. The number of aryl methyl sites for hydroxylation is 1. The Morgan fingerprint density at radius 2 is 1.57 bits per heavy atom. The number of nitrogens with one attached hydrogen (secondary N) is 1. The number of benzene rings is 1. The summed E-state index contributed by atoms with van der Waals surface area (Å²) in [4.78, 5) is 11.6. The van der Waals surface area contributed by atoms with E-state index >= 15 is 0 Å². The monoisotopic (exact) mass is 682 g/mol. The van der Waals surface area contributed by atoms with Crippen LogP contribution in [0.2, 0.25) is 0 Å². The van der Waals surface area contributed by atoms with Crippen LogP contribution in [0.15, 0.2) is 46.2 Å². The van der Waals surface area contributed by atoms with Crippen LogP contribution in [0.3, 0.4) is 0 Å². The van der Waals surface area contributed by atoms with E-state index in [4.69, 9.17) is 14.2 Å². The Balaban J connectivity index is 0.000000562. The third-order valence-electron chi connectivity index (χ3n) is 8.04. The van der Waals surface area contributed by atoms with Crippen molar-refractivity contribution in [2.75, 3.05) is 33.0 Å². The zero-order chi connectivity index (χ0) is 33.3. The molecule has 9 nitrogen and oxygen atoms in total. The maximum atomic E-state index is 11.8. The van der Waals surface area contributed by atoms with Crippen LogP contribution in [0.1, 0.15) is 109 Å². The van der Waals surface area contributed by atoms with Crippen molar-refractivity contribution in [1.29, 1.82) is 0 Å². The Morgan fingerprint density at radius 3 is 2.13 bits per heavy atom. The number of thiazole rings is 1. The van der Waals surface area contributed by atoms with Crippen molar-refractivity contribution in [3.63, 3.8) is 0 Å². The summed E-state index contributed by atoms with van der Waals surface area (Å²) >= 11 is 1.63. The summed E-state index contributed by atoms with van der Waals surface area (Å²) in [6, 6.07) is 5.78. The molecule has 1 N–H and O–H groups in total. The number of hydrogen-bond acceptors (Lipinski definition) is 8. The second-order valence-electron chi connectivity index (χ2n) is 12.3. The molecule has 2 aromatic rings. The third-order valence-corrected chi connectivity index (χ3v) is 9.56. The van der Waals surface area contributed by atoms with Crippen LogP contribution in [-0.2, 0) is 30.9 Å². The van der Waals surface area contributed by atoms with Gasteiger partial charge in [-0.15, -0.1) is 0 Å². The van der Waals surface area contributed by atoms with Gasteiger partial charge in [-0.05, 0) is 31.9 Å². The molecule has 1 aromatic heterocycles. The Morgan fingerprint density at radius 1 is 0.957 bits per heavy atom. The summed E-state index contributed by atoms with van der Waals surface area (Å²) in [6.07, 6.45) is 21.8. The van der Waals surface area contributed by atoms with E-state index in [0.29, 0.717) is 25.7 Å². The molecule has 262 valence electrons. The Hall–Kier alpha value is -2.05. The quantitative estimate of drug-likeness (QED) is 0.0730. The lowest BCUT2D eigenvalue weighted by Gasteiger charge is -2.11. The number of carbonyl (C=O) groups excluding carboxylic acids is 1. The molecule has 1 aliphatic rings. The van der Waals surface area contributed by atoms with Crippen molar-refractivity contribution in [3.8, 4) is 0 Å². The van der Waals surface area contributed by atoms with Gasteiger partial charge in [0.2, 0.25) is 5.51 Å². The molecule has 0 aliphatic carbocycles. The minimum absolute atomic E-state index is 0.0124. The van der Waals surface area contributed by atoms with Crippen LogP contribution in [-0.4, -0.2) is 58.1 Å². The first-order valence-corrected chi connectivity index (χ1v) is 19.7. The molecule has 2 heterocycles. The molecule has 0 radical (unpaired) electrons. The lowest BCUT2D eigenvalue weighted by Crippen LogP contribution is -2.39. The van der Waals surface area contributed by atoms with Crippen LogP contribution in [0.25, 0.3) is 0 Å². The average molecular weight is 683 g/mol. The smallest absolute Gasteiger partial charge is 0.407 e. The number of rotatable bonds is 23. The van der Waals surface area contributed by atoms with E-state index in [1.54, 1.807) is 23.5 Å². The van der Waals surface area contributed by atoms with Gasteiger partial charge in [0, 0.05) is 12.5 Å². The number of alkyl carbamates (subject to hydrolysis) is 1. The molecule has 1 aromatic carbocycles. The van der Waals surface area contributed by atoms with Crippen LogP contribution in [0, 0.1) is 12.8 Å². The van der Waals surface area contributed by atoms with E-state index in [9.17, 15) is 17.8 Å². The van der Waals surface area contributed by atoms with Crippen LogP contribution >= 0.6 is 11.3 Å². The molecule has 2 atom stereocenters. The highest BCUT2D eigenvalue weighted by Gasteiger charge is 2.26. The summed E-state index contributed by atoms with van der Waals surface area (Å²) in [5.41, 5.74) is 2.94. The highest BCUT2D eigenvalue weighted by atomic mass is 32.2. The minimum Gasteiger partial charge on any atom is -0.744 e. The average Bonchev–Trinajstić information content (AvgIpc) is 3.72. The number of hydrogen-bond donors (Lipinski definition) is 1. The van der Waals surface area contributed by atoms with E-state index in [-0.39, 0.29) is 17.1 Å². The predicted octanol–water partition coefficient (Wildman–Crippen LogP) is 7.56. The van der Waals surface area contributed by atoms with E-state index in [1.165, 1.54) is 95.6 Å². The third kappa shape index (κ3) is 20.2. The molecule has 0 spiro atoms. The van der Waals surface area contributed by atoms with Gasteiger partial charge in [0.25, 0.3) is 0 Å². The van der Waals surface area contributed by atoms with Crippen molar-refractivity contribution in [1.82, 2.24) is 5.32 Å². The molecule has 1 aliphatic heterocycles.